The second-order valence-electron chi connectivity index (χ2n) is 7.28. The number of nitrogens with zero attached hydrogens (tertiary/aromatic N) is 6. The molecule has 1 saturated heterocycles. The van der Waals surface area contributed by atoms with Crippen molar-refractivity contribution in [3.63, 3.8) is 0 Å². The number of phosphoric acid groups is 3. The maximum absolute atomic E-state index is 11.8. The SMILES string of the molecule is CC1=NN(C)c2ncnc3c2n1c[n+]3C1OC(COP(=O)([O-])OP(=O)([O-])OP(=O)([O-])[O-])C(O)C1O. The molecule has 0 aliphatic carbocycles. The number of aliphatic hydroxyl groups excluding tert-OH is 2. The quantitative estimate of drug-likeness (QED) is 0.230. The fraction of sp³-hybridized carbons (Fsp3) is 0.538. The van der Waals surface area contributed by atoms with Crippen LogP contribution in [0.1, 0.15) is 13.2 Å². The number of aliphatic hydroxyl groups is 2. The minimum atomic E-state index is -6.15. The molecule has 35 heavy (non-hydrogen) atoms. The van der Waals surface area contributed by atoms with Crippen molar-refractivity contribution < 1.29 is 65.9 Å². The van der Waals surface area contributed by atoms with Gasteiger partial charge in [0, 0.05) is 14.0 Å². The van der Waals surface area contributed by atoms with Crippen LogP contribution in [0.5, 0.6) is 0 Å². The van der Waals surface area contributed by atoms with Gasteiger partial charge in [-0.1, -0.05) is 4.98 Å². The molecule has 0 aromatic carbocycles. The van der Waals surface area contributed by atoms with Gasteiger partial charge in [0.2, 0.25) is 11.7 Å². The Morgan fingerprint density at radius 2 is 1.80 bits per heavy atom. The zero-order valence-corrected chi connectivity index (χ0v) is 20.3. The van der Waals surface area contributed by atoms with Crippen LogP contribution in [-0.4, -0.2) is 62.6 Å². The number of ether oxygens (including phenoxy) is 1. The van der Waals surface area contributed by atoms with Crippen LogP contribution < -0.4 is 29.1 Å². The first kappa shape index (κ1) is 26.4. The number of aromatic nitrogens is 4. The molecule has 0 radical (unpaired) electrons. The third-order valence-electron chi connectivity index (χ3n) is 4.87. The smallest absolute Gasteiger partial charge is 0.310 e. The summed E-state index contributed by atoms with van der Waals surface area (Å²) in [6.07, 6.45) is -3.50. The Morgan fingerprint density at radius 3 is 2.46 bits per heavy atom. The second kappa shape index (κ2) is 9.00. The monoisotopic (exact) mass is 557 g/mol. The average Bonchev–Trinajstić information content (AvgIpc) is 3.21. The van der Waals surface area contributed by atoms with E-state index in [1.54, 1.807) is 18.5 Å². The summed E-state index contributed by atoms with van der Waals surface area (Å²) < 4.78 is 52.7. The highest BCUT2D eigenvalue weighted by Gasteiger charge is 2.48. The number of phosphoric ester groups is 1. The molecule has 0 bridgehead atoms. The molecule has 2 aromatic rings. The van der Waals surface area contributed by atoms with E-state index in [-0.39, 0.29) is 5.65 Å². The van der Waals surface area contributed by atoms with Crippen molar-refractivity contribution in [2.45, 2.75) is 31.5 Å². The van der Waals surface area contributed by atoms with Crippen LogP contribution in [0.15, 0.2) is 17.8 Å². The summed E-state index contributed by atoms with van der Waals surface area (Å²) in [6.45, 7) is 0.626. The zero-order valence-electron chi connectivity index (χ0n) is 17.6. The Bertz CT molecular complexity index is 1330. The molecule has 2 aliphatic rings. The standard InChI is InChI=1S/C13H19N6O13P3/c1-6-16-17(2)11-8-12(15-4-14-11)19(5-18(6)8)13-10(21)9(20)7(30-13)3-29-34(25,26)32-35(27,28)31-33(22,23)24/h4-5,7,9-10,13,20-21H,3H2,1-2H3,(H3-,22,23,24,25,26,27,28)/p-3. The summed E-state index contributed by atoms with van der Waals surface area (Å²) in [4.78, 5) is 52.1. The molecule has 19 nitrogen and oxygen atoms in total. The van der Waals surface area contributed by atoms with Gasteiger partial charge in [0.15, 0.2) is 24.3 Å². The van der Waals surface area contributed by atoms with Gasteiger partial charge in [0.1, 0.15) is 18.3 Å². The van der Waals surface area contributed by atoms with E-state index in [0.717, 1.165) is 0 Å². The highest BCUT2D eigenvalue weighted by Crippen LogP contribution is 2.60. The van der Waals surface area contributed by atoms with E-state index in [4.69, 9.17) is 4.74 Å². The minimum absolute atomic E-state index is 0.274. The van der Waals surface area contributed by atoms with Gasteiger partial charge in [-0.15, -0.1) is 5.10 Å². The van der Waals surface area contributed by atoms with E-state index >= 15 is 0 Å². The predicted octanol–water partition coefficient (Wildman–Crippen LogP) is -4.22. The summed E-state index contributed by atoms with van der Waals surface area (Å²) in [6, 6.07) is 0. The minimum Gasteiger partial charge on any atom is -0.790 e. The normalized spacial score (nSPS) is 28.1. The molecule has 0 spiro atoms. The Balaban J connectivity index is 1.52. The summed E-state index contributed by atoms with van der Waals surface area (Å²) >= 11 is 0. The van der Waals surface area contributed by atoms with E-state index in [0.29, 0.717) is 17.2 Å². The maximum atomic E-state index is 11.8. The van der Waals surface area contributed by atoms with Gasteiger partial charge in [0.05, 0.1) is 14.4 Å². The molecule has 0 saturated carbocycles. The predicted molar refractivity (Wildman–Crippen MR) is 101 cm³/mol. The molecule has 2 aromatic heterocycles. The van der Waals surface area contributed by atoms with Crippen molar-refractivity contribution in [2.24, 2.45) is 5.10 Å². The van der Waals surface area contributed by atoms with Crippen molar-refractivity contribution in [3.05, 3.63) is 12.7 Å². The molecule has 6 unspecified atom stereocenters. The van der Waals surface area contributed by atoms with E-state index in [1.165, 1.54) is 22.2 Å². The number of hydrogen-bond donors (Lipinski definition) is 2. The van der Waals surface area contributed by atoms with Gasteiger partial charge in [-0.2, -0.15) is 4.98 Å². The molecule has 1 fully saturated rings. The van der Waals surface area contributed by atoms with E-state index in [9.17, 15) is 43.5 Å². The highest BCUT2D eigenvalue weighted by molar-refractivity contribution is 7.64. The lowest BCUT2D eigenvalue weighted by Crippen LogP contribution is -2.46. The lowest BCUT2D eigenvalue weighted by Gasteiger charge is -2.37. The summed E-state index contributed by atoms with van der Waals surface area (Å²) in [7, 11) is -16.5. The number of anilines is 1. The van der Waals surface area contributed by atoms with E-state index in [1.807, 2.05) is 0 Å². The molecule has 2 N–H and O–H groups in total. The van der Waals surface area contributed by atoms with Gasteiger partial charge in [0.25, 0.3) is 15.6 Å². The molecule has 0 amide bonds. The van der Waals surface area contributed by atoms with Crippen molar-refractivity contribution in [1.82, 2.24) is 14.5 Å². The van der Waals surface area contributed by atoms with Crippen molar-refractivity contribution in [3.8, 4) is 0 Å². The number of imidazole rings is 1. The van der Waals surface area contributed by atoms with Crippen LogP contribution in [-0.2, 0) is 31.6 Å². The first-order valence-electron chi connectivity index (χ1n) is 9.38. The number of rotatable bonds is 8. The van der Waals surface area contributed by atoms with Gasteiger partial charge in [-0.3, -0.25) is 13.4 Å². The first-order chi connectivity index (χ1) is 16.1. The molecule has 22 heteroatoms. The molecular formula is C13H16N6O13P3-3. The summed E-state index contributed by atoms with van der Waals surface area (Å²) in [5.74, 6) is 0.947. The summed E-state index contributed by atoms with van der Waals surface area (Å²) in [5, 5.41) is 26.7. The van der Waals surface area contributed by atoms with Crippen molar-refractivity contribution in [2.75, 3.05) is 18.7 Å². The fourth-order valence-corrected chi connectivity index (χ4v) is 6.39. The molecule has 6 atom stereocenters. The topological polar surface area (TPSA) is 271 Å². The molecule has 4 heterocycles. The second-order valence-corrected chi connectivity index (χ2v) is 11.5. The molecule has 2 aliphatic heterocycles. The largest absolute Gasteiger partial charge is 0.790 e. The van der Waals surface area contributed by atoms with Crippen LogP contribution in [0.25, 0.3) is 11.2 Å². The van der Waals surface area contributed by atoms with Crippen molar-refractivity contribution in [1.29, 1.82) is 0 Å². The van der Waals surface area contributed by atoms with Crippen LogP contribution in [0.4, 0.5) is 5.82 Å². The maximum Gasteiger partial charge on any atom is 0.310 e. The van der Waals surface area contributed by atoms with Gasteiger partial charge in [-0.25, -0.2) is 18.5 Å². The lowest BCUT2D eigenvalue weighted by atomic mass is 10.1. The fourth-order valence-electron chi connectivity index (χ4n) is 3.53. The van der Waals surface area contributed by atoms with Gasteiger partial charge in [-0.05, 0) is 0 Å². The molecule has 4 rings (SSSR count). The van der Waals surface area contributed by atoms with Crippen LogP contribution >= 0.6 is 23.5 Å². The Labute approximate surface area is 195 Å². The van der Waals surface area contributed by atoms with E-state index < -0.39 is 54.6 Å². The van der Waals surface area contributed by atoms with E-state index in [2.05, 4.69) is 28.2 Å². The molecular weight excluding hydrogens is 541 g/mol. The Hall–Kier alpha value is -1.69. The third-order valence-corrected chi connectivity index (χ3v) is 8.53. The lowest BCUT2D eigenvalue weighted by molar-refractivity contribution is -0.745. The third kappa shape index (κ3) is 5.38. The van der Waals surface area contributed by atoms with Crippen LogP contribution in [0.2, 0.25) is 0 Å². The average molecular weight is 557 g/mol. The summed E-state index contributed by atoms with van der Waals surface area (Å²) in [5.41, 5.74) is 0.779. The Kier molecular flexibility index (Phi) is 6.79. The van der Waals surface area contributed by atoms with Crippen molar-refractivity contribution >= 4 is 46.3 Å². The number of hydrogen-bond acceptors (Lipinski definition) is 17. The van der Waals surface area contributed by atoms with Gasteiger partial charge < -0.3 is 43.6 Å². The first-order valence-corrected chi connectivity index (χ1v) is 13.8. The van der Waals surface area contributed by atoms with Gasteiger partial charge >= 0.3 is 5.65 Å². The zero-order chi connectivity index (χ0) is 25.9. The van der Waals surface area contributed by atoms with Crippen LogP contribution in [0.3, 0.4) is 0 Å². The van der Waals surface area contributed by atoms with Crippen LogP contribution in [0, 0.1) is 0 Å². The number of hydrazone groups is 1. The highest BCUT2D eigenvalue weighted by atomic mass is 31.3. The molecule has 194 valence electrons. The Morgan fingerprint density at radius 1 is 1.11 bits per heavy atom.